The topological polar surface area (TPSA) is 26.3 Å². The molecular weight excluding hydrogens is 296 g/mol. The fourth-order valence-electron chi connectivity index (χ4n) is 3.00. The Morgan fingerprint density at radius 3 is 2.29 bits per heavy atom. The molecule has 0 aliphatic heterocycles. The minimum atomic E-state index is 0.00206. The van der Waals surface area contributed by atoms with Crippen LogP contribution in [0.2, 0.25) is 0 Å². The third-order valence-corrected chi connectivity index (χ3v) is 4.86. The van der Waals surface area contributed by atoms with E-state index in [1.54, 1.807) is 0 Å². The van der Waals surface area contributed by atoms with E-state index in [0.717, 1.165) is 31.6 Å². The molecule has 0 heterocycles. The van der Waals surface area contributed by atoms with Crippen molar-refractivity contribution in [2.45, 2.75) is 110 Å². The fourth-order valence-corrected chi connectivity index (χ4v) is 3.00. The summed E-state index contributed by atoms with van der Waals surface area (Å²) >= 11 is 0. The van der Waals surface area contributed by atoms with Gasteiger partial charge in [0.05, 0.1) is 6.61 Å². The number of rotatable bonds is 17. The highest BCUT2D eigenvalue weighted by Gasteiger charge is 2.19. The lowest BCUT2D eigenvalue weighted by Gasteiger charge is -2.05. The van der Waals surface area contributed by atoms with Gasteiger partial charge in [-0.15, -0.1) is 0 Å². The maximum atomic E-state index is 11.6. The smallest absolute Gasteiger partial charge is 0.305 e. The number of hydrogen-bond donors (Lipinski definition) is 0. The molecule has 1 fully saturated rings. The van der Waals surface area contributed by atoms with Gasteiger partial charge in [0, 0.05) is 6.42 Å². The highest BCUT2D eigenvalue weighted by Crippen LogP contribution is 2.34. The van der Waals surface area contributed by atoms with Crippen molar-refractivity contribution in [1.29, 1.82) is 0 Å². The van der Waals surface area contributed by atoms with E-state index >= 15 is 0 Å². The van der Waals surface area contributed by atoms with Crippen molar-refractivity contribution in [1.82, 2.24) is 0 Å². The Hall–Kier alpha value is -0.790. The Bertz CT molecular complexity index is 318. The van der Waals surface area contributed by atoms with Gasteiger partial charge in [0.1, 0.15) is 0 Å². The van der Waals surface area contributed by atoms with Crippen molar-refractivity contribution in [3.8, 4) is 0 Å². The Balaban J connectivity index is 1.73. The van der Waals surface area contributed by atoms with Crippen molar-refractivity contribution < 1.29 is 9.53 Å². The third kappa shape index (κ3) is 14.8. The van der Waals surface area contributed by atoms with Gasteiger partial charge in [0.15, 0.2) is 0 Å². The molecule has 0 saturated heterocycles. The third-order valence-electron chi connectivity index (χ3n) is 4.86. The SMILES string of the molecule is CCCC/C=C\CCCCCC(=O)OCCCCCCCC1CC1. The standard InChI is InChI=1S/C22H40O2/c1-2-3-4-5-6-7-8-11-14-17-22(23)24-20-15-12-9-10-13-16-21-18-19-21/h5-6,21H,2-4,7-20H2,1H3/b6-5-. The highest BCUT2D eigenvalue weighted by molar-refractivity contribution is 5.69. The van der Waals surface area contributed by atoms with Crippen LogP contribution >= 0.6 is 0 Å². The minimum Gasteiger partial charge on any atom is -0.466 e. The Kier molecular flexibility index (Phi) is 13.9. The van der Waals surface area contributed by atoms with Gasteiger partial charge in [-0.3, -0.25) is 4.79 Å². The van der Waals surface area contributed by atoms with Gasteiger partial charge in [-0.2, -0.15) is 0 Å². The molecule has 0 aromatic carbocycles. The van der Waals surface area contributed by atoms with E-state index in [-0.39, 0.29) is 5.97 Å². The largest absolute Gasteiger partial charge is 0.466 e. The first-order chi connectivity index (χ1) is 11.8. The molecule has 140 valence electrons. The molecule has 0 unspecified atom stereocenters. The van der Waals surface area contributed by atoms with Gasteiger partial charge in [0.2, 0.25) is 0 Å². The number of allylic oxidation sites excluding steroid dienone is 2. The van der Waals surface area contributed by atoms with Crippen molar-refractivity contribution in [2.24, 2.45) is 5.92 Å². The number of unbranched alkanes of at least 4 members (excludes halogenated alkanes) is 9. The predicted molar refractivity (Wildman–Crippen MR) is 103 cm³/mol. The highest BCUT2D eigenvalue weighted by atomic mass is 16.5. The van der Waals surface area contributed by atoms with Gasteiger partial charge in [-0.25, -0.2) is 0 Å². The van der Waals surface area contributed by atoms with Crippen LogP contribution in [0.4, 0.5) is 0 Å². The van der Waals surface area contributed by atoms with Crippen LogP contribution in [-0.2, 0) is 9.53 Å². The van der Waals surface area contributed by atoms with Crippen LogP contribution in [0.15, 0.2) is 12.2 Å². The van der Waals surface area contributed by atoms with Crippen molar-refractivity contribution in [2.75, 3.05) is 6.61 Å². The number of carbonyl (C=O) groups excluding carboxylic acids is 1. The van der Waals surface area contributed by atoms with E-state index in [2.05, 4.69) is 19.1 Å². The zero-order chi connectivity index (χ0) is 17.3. The number of ether oxygens (including phenoxy) is 1. The van der Waals surface area contributed by atoms with Crippen LogP contribution in [-0.4, -0.2) is 12.6 Å². The maximum absolute atomic E-state index is 11.6. The zero-order valence-corrected chi connectivity index (χ0v) is 16.1. The Morgan fingerprint density at radius 1 is 0.875 bits per heavy atom. The maximum Gasteiger partial charge on any atom is 0.305 e. The average molecular weight is 337 g/mol. The molecule has 0 radical (unpaired) electrons. The van der Waals surface area contributed by atoms with Gasteiger partial charge >= 0.3 is 5.97 Å². The van der Waals surface area contributed by atoms with Crippen molar-refractivity contribution in [3.05, 3.63) is 12.2 Å². The summed E-state index contributed by atoms with van der Waals surface area (Å²) < 4.78 is 5.32. The van der Waals surface area contributed by atoms with Crippen molar-refractivity contribution in [3.63, 3.8) is 0 Å². The molecule has 0 aromatic heterocycles. The summed E-state index contributed by atoms with van der Waals surface area (Å²) in [5, 5.41) is 0. The Labute approximate surface area is 150 Å². The molecule has 1 aliphatic rings. The van der Waals surface area contributed by atoms with E-state index in [0.29, 0.717) is 13.0 Å². The quantitative estimate of drug-likeness (QED) is 0.163. The second-order valence-electron chi connectivity index (χ2n) is 7.43. The molecule has 0 atom stereocenters. The molecule has 2 heteroatoms. The van der Waals surface area contributed by atoms with Crippen LogP contribution in [0, 0.1) is 5.92 Å². The van der Waals surface area contributed by atoms with Crippen molar-refractivity contribution >= 4 is 5.97 Å². The molecule has 0 N–H and O–H groups in total. The summed E-state index contributed by atoms with van der Waals surface area (Å²) in [6.07, 6.45) is 24.1. The lowest BCUT2D eigenvalue weighted by atomic mass is 10.1. The van der Waals surface area contributed by atoms with E-state index in [1.165, 1.54) is 70.6 Å². The first-order valence-corrected chi connectivity index (χ1v) is 10.6. The number of hydrogen-bond acceptors (Lipinski definition) is 2. The van der Waals surface area contributed by atoms with Crippen LogP contribution in [0.3, 0.4) is 0 Å². The van der Waals surface area contributed by atoms with Gasteiger partial charge in [-0.1, -0.05) is 83.3 Å². The van der Waals surface area contributed by atoms with Crippen LogP contribution in [0.25, 0.3) is 0 Å². The summed E-state index contributed by atoms with van der Waals surface area (Å²) in [7, 11) is 0. The lowest BCUT2D eigenvalue weighted by molar-refractivity contribution is -0.143. The van der Waals surface area contributed by atoms with E-state index < -0.39 is 0 Å². The number of esters is 1. The van der Waals surface area contributed by atoms with Gasteiger partial charge in [-0.05, 0) is 38.0 Å². The summed E-state index contributed by atoms with van der Waals surface area (Å²) in [4.78, 5) is 11.6. The van der Waals surface area contributed by atoms with Gasteiger partial charge in [0.25, 0.3) is 0 Å². The summed E-state index contributed by atoms with van der Waals surface area (Å²) in [5.41, 5.74) is 0. The van der Waals surface area contributed by atoms with E-state index in [1.807, 2.05) is 0 Å². The molecule has 24 heavy (non-hydrogen) atoms. The predicted octanol–water partition coefficient (Wildman–Crippen LogP) is 6.98. The molecule has 1 aliphatic carbocycles. The van der Waals surface area contributed by atoms with Crippen LogP contribution in [0.1, 0.15) is 110 Å². The minimum absolute atomic E-state index is 0.00206. The summed E-state index contributed by atoms with van der Waals surface area (Å²) in [6.45, 7) is 2.85. The summed E-state index contributed by atoms with van der Waals surface area (Å²) in [5.74, 6) is 1.07. The molecule has 0 bridgehead atoms. The molecule has 0 spiro atoms. The normalized spacial score (nSPS) is 14.4. The molecule has 1 saturated carbocycles. The Morgan fingerprint density at radius 2 is 1.54 bits per heavy atom. The molecule has 0 amide bonds. The number of carbonyl (C=O) groups is 1. The van der Waals surface area contributed by atoms with E-state index in [4.69, 9.17) is 4.74 Å². The first-order valence-electron chi connectivity index (χ1n) is 10.6. The van der Waals surface area contributed by atoms with Crippen LogP contribution in [0.5, 0.6) is 0 Å². The first kappa shape index (κ1) is 21.3. The zero-order valence-electron chi connectivity index (χ0n) is 16.1. The van der Waals surface area contributed by atoms with E-state index in [9.17, 15) is 4.79 Å². The molecular formula is C22H40O2. The molecule has 0 aromatic rings. The van der Waals surface area contributed by atoms with Gasteiger partial charge < -0.3 is 4.74 Å². The average Bonchev–Trinajstić information content (AvgIpc) is 3.40. The molecule has 2 nitrogen and oxygen atoms in total. The summed E-state index contributed by atoms with van der Waals surface area (Å²) in [6, 6.07) is 0. The second-order valence-corrected chi connectivity index (χ2v) is 7.43. The lowest BCUT2D eigenvalue weighted by Crippen LogP contribution is -2.05. The molecule has 1 rings (SSSR count). The second kappa shape index (κ2) is 15.7. The fraction of sp³-hybridized carbons (Fsp3) is 0.864. The monoisotopic (exact) mass is 336 g/mol. The van der Waals surface area contributed by atoms with Crippen LogP contribution < -0.4 is 0 Å².